The van der Waals surface area contributed by atoms with Crippen LogP contribution in [0.25, 0.3) is 0 Å². The van der Waals surface area contributed by atoms with Crippen molar-refractivity contribution < 1.29 is 4.79 Å². The van der Waals surface area contributed by atoms with Gasteiger partial charge in [0.1, 0.15) is 0 Å². The summed E-state index contributed by atoms with van der Waals surface area (Å²) in [7, 11) is 0. The van der Waals surface area contributed by atoms with Crippen LogP contribution in [0, 0.1) is 11.8 Å². The number of carbonyl (C=O) groups excluding carboxylic acids is 1. The average Bonchev–Trinajstić information content (AvgIpc) is 2.56. The van der Waals surface area contributed by atoms with Gasteiger partial charge in [0.25, 0.3) is 0 Å². The molecule has 3 nitrogen and oxygen atoms in total. The lowest BCUT2D eigenvalue weighted by Gasteiger charge is -2.24. The molecule has 3 heteroatoms. The Morgan fingerprint density at radius 1 is 1.17 bits per heavy atom. The van der Waals surface area contributed by atoms with Gasteiger partial charge in [-0.15, -0.1) is 0 Å². The summed E-state index contributed by atoms with van der Waals surface area (Å²) in [6.07, 6.45) is 8.32. The first-order valence-corrected chi connectivity index (χ1v) is 7.55. The Bertz CT molecular complexity index is 245. The lowest BCUT2D eigenvalue weighted by Crippen LogP contribution is -2.41. The van der Waals surface area contributed by atoms with E-state index in [2.05, 4.69) is 26.1 Å². The Labute approximate surface area is 112 Å². The van der Waals surface area contributed by atoms with E-state index in [4.69, 9.17) is 5.73 Å². The third kappa shape index (κ3) is 5.38. The van der Waals surface area contributed by atoms with Crippen molar-refractivity contribution in [2.75, 3.05) is 0 Å². The molecule has 1 amide bonds. The summed E-state index contributed by atoms with van der Waals surface area (Å²) in [6, 6.07) is 0.279. The molecule has 1 aliphatic rings. The van der Waals surface area contributed by atoms with Gasteiger partial charge in [-0.25, -0.2) is 0 Å². The van der Waals surface area contributed by atoms with Crippen LogP contribution in [-0.2, 0) is 4.79 Å². The molecule has 0 radical (unpaired) electrons. The maximum Gasteiger partial charge on any atom is 0.221 e. The number of carbonyl (C=O) groups is 1. The van der Waals surface area contributed by atoms with E-state index in [0.29, 0.717) is 24.3 Å². The molecule has 0 aliphatic heterocycles. The normalized spacial score (nSPS) is 21.4. The lowest BCUT2D eigenvalue weighted by atomic mass is 9.92. The molecule has 0 aromatic carbocycles. The van der Waals surface area contributed by atoms with Gasteiger partial charge < -0.3 is 11.1 Å². The molecule has 1 fully saturated rings. The van der Waals surface area contributed by atoms with Crippen LogP contribution in [0.2, 0.25) is 0 Å². The highest BCUT2D eigenvalue weighted by atomic mass is 16.1. The van der Waals surface area contributed by atoms with Gasteiger partial charge >= 0.3 is 0 Å². The number of hydrogen-bond donors (Lipinski definition) is 2. The molecule has 0 heterocycles. The van der Waals surface area contributed by atoms with Crippen molar-refractivity contribution in [3.63, 3.8) is 0 Å². The first-order chi connectivity index (χ1) is 8.50. The van der Waals surface area contributed by atoms with E-state index in [9.17, 15) is 4.79 Å². The van der Waals surface area contributed by atoms with Gasteiger partial charge in [0.05, 0.1) is 0 Å². The summed E-state index contributed by atoms with van der Waals surface area (Å²) in [6.45, 7) is 6.27. The zero-order valence-corrected chi connectivity index (χ0v) is 12.2. The summed E-state index contributed by atoms with van der Waals surface area (Å²) < 4.78 is 0. The van der Waals surface area contributed by atoms with Crippen molar-refractivity contribution >= 4 is 5.91 Å². The van der Waals surface area contributed by atoms with Crippen molar-refractivity contribution in [3.8, 4) is 0 Å². The van der Waals surface area contributed by atoms with Crippen LogP contribution >= 0.6 is 0 Å². The van der Waals surface area contributed by atoms with Crippen LogP contribution in [0.3, 0.4) is 0 Å². The zero-order valence-electron chi connectivity index (χ0n) is 12.2. The highest BCUT2D eigenvalue weighted by Gasteiger charge is 2.21. The summed E-state index contributed by atoms with van der Waals surface area (Å²) >= 11 is 0. The second-order valence-corrected chi connectivity index (χ2v) is 6.22. The van der Waals surface area contributed by atoms with Gasteiger partial charge in [-0.1, -0.05) is 39.5 Å². The van der Waals surface area contributed by atoms with Gasteiger partial charge in [0.2, 0.25) is 5.91 Å². The molecule has 0 saturated heterocycles. The van der Waals surface area contributed by atoms with E-state index < -0.39 is 0 Å². The molecular weight excluding hydrogens is 224 g/mol. The predicted molar refractivity (Wildman–Crippen MR) is 76.2 cm³/mol. The molecule has 106 valence electrons. The Morgan fingerprint density at radius 3 is 2.22 bits per heavy atom. The van der Waals surface area contributed by atoms with E-state index in [1.165, 1.54) is 38.5 Å². The molecule has 0 aromatic heterocycles. The minimum atomic E-state index is -0.0219. The zero-order chi connectivity index (χ0) is 13.5. The van der Waals surface area contributed by atoms with Crippen molar-refractivity contribution in [3.05, 3.63) is 0 Å². The van der Waals surface area contributed by atoms with Crippen LogP contribution in [0.15, 0.2) is 0 Å². The average molecular weight is 254 g/mol. The largest absolute Gasteiger partial charge is 0.353 e. The number of rotatable bonds is 5. The fraction of sp³-hybridized carbons (Fsp3) is 0.933. The van der Waals surface area contributed by atoms with E-state index in [1.807, 2.05) is 0 Å². The molecule has 2 atom stereocenters. The maximum absolute atomic E-state index is 11.9. The summed E-state index contributed by atoms with van der Waals surface area (Å²) in [5.41, 5.74) is 5.94. The van der Waals surface area contributed by atoms with Crippen LogP contribution in [-0.4, -0.2) is 18.0 Å². The fourth-order valence-corrected chi connectivity index (χ4v) is 2.69. The van der Waals surface area contributed by atoms with E-state index in [1.54, 1.807) is 0 Å². The van der Waals surface area contributed by atoms with Gasteiger partial charge in [-0.05, 0) is 31.6 Å². The summed E-state index contributed by atoms with van der Waals surface area (Å²) in [5, 5.41) is 3.14. The fourth-order valence-electron chi connectivity index (χ4n) is 2.69. The molecular formula is C15H30N2O. The SMILES string of the molecule is CC(C)C(N)CC(=O)N[C@H](C)C1CCCCCC1. The Hall–Kier alpha value is -0.570. The minimum Gasteiger partial charge on any atom is -0.353 e. The van der Waals surface area contributed by atoms with Crippen molar-refractivity contribution in [1.29, 1.82) is 0 Å². The van der Waals surface area contributed by atoms with Crippen molar-refractivity contribution in [2.24, 2.45) is 17.6 Å². The third-order valence-corrected chi connectivity index (χ3v) is 4.27. The second-order valence-electron chi connectivity index (χ2n) is 6.22. The van der Waals surface area contributed by atoms with Crippen molar-refractivity contribution in [2.45, 2.75) is 77.8 Å². The summed E-state index contributed by atoms with van der Waals surface area (Å²) in [4.78, 5) is 11.9. The highest BCUT2D eigenvalue weighted by Crippen LogP contribution is 2.25. The number of nitrogens with one attached hydrogen (secondary N) is 1. The summed E-state index contributed by atoms with van der Waals surface area (Å²) in [5.74, 6) is 1.14. The monoisotopic (exact) mass is 254 g/mol. The number of hydrogen-bond acceptors (Lipinski definition) is 2. The molecule has 3 N–H and O–H groups in total. The topological polar surface area (TPSA) is 55.1 Å². The van der Waals surface area contributed by atoms with Crippen LogP contribution in [0.1, 0.15) is 65.7 Å². The van der Waals surface area contributed by atoms with E-state index in [0.717, 1.165) is 0 Å². The standard InChI is InChI=1S/C15H30N2O/c1-11(2)14(16)10-15(18)17-12(3)13-8-6-4-5-7-9-13/h11-14H,4-10,16H2,1-3H3,(H,17,18)/t12-,14?/m1/s1. The molecule has 1 rings (SSSR count). The molecule has 0 aromatic rings. The van der Waals surface area contributed by atoms with Crippen LogP contribution in [0.5, 0.6) is 0 Å². The molecule has 1 unspecified atom stereocenters. The predicted octanol–water partition coefficient (Wildman–Crippen LogP) is 2.83. The van der Waals surface area contributed by atoms with Crippen LogP contribution in [0.4, 0.5) is 0 Å². The molecule has 18 heavy (non-hydrogen) atoms. The third-order valence-electron chi connectivity index (χ3n) is 4.27. The number of amides is 1. The number of nitrogens with two attached hydrogens (primary N) is 1. The van der Waals surface area contributed by atoms with E-state index in [-0.39, 0.29) is 11.9 Å². The first-order valence-electron chi connectivity index (χ1n) is 7.55. The van der Waals surface area contributed by atoms with Crippen molar-refractivity contribution in [1.82, 2.24) is 5.32 Å². The van der Waals surface area contributed by atoms with Gasteiger partial charge in [-0.3, -0.25) is 4.79 Å². The quantitative estimate of drug-likeness (QED) is 0.741. The maximum atomic E-state index is 11.9. The minimum absolute atomic E-state index is 0.0219. The van der Waals surface area contributed by atoms with Gasteiger partial charge in [0, 0.05) is 18.5 Å². The van der Waals surface area contributed by atoms with Gasteiger partial charge in [0.15, 0.2) is 0 Å². The molecule has 0 spiro atoms. The Kier molecular flexibility index (Phi) is 6.69. The molecule has 0 bridgehead atoms. The lowest BCUT2D eigenvalue weighted by molar-refractivity contribution is -0.122. The molecule has 1 aliphatic carbocycles. The van der Waals surface area contributed by atoms with E-state index >= 15 is 0 Å². The first kappa shape index (κ1) is 15.5. The smallest absolute Gasteiger partial charge is 0.221 e. The van der Waals surface area contributed by atoms with Gasteiger partial charge in [-0.2, -0.15) is 0 Å². The second kappa shape index (κ2) is 7.78. The highest BCUT2D eigenvalue weighted by molar-refractivity contribution is 5.76. The van der Waals surface area contributed by atoms with Crippen LogP contribution < -0.4 is 11.1 Å². The Morgan fingerprint density at radius 2 is 1.72 bits per heavy atom. The Balaban J connectivity index is 2.33. The molecule has 1 saturated carbocycles.